The number of aryl methyl sites for hydroxylation is 1. The molecule has 1 fully saturated rings. The largest absolute Gasteiger partial charge is 0.480 e. The number of nitrogens with zero attached hydrogens (tertiary/aromatic N) is 5. The van der Waals surface area contributed by atoms with Crippen LogP contribution in [0, 0.1) is 31.9 Å². The first kappa shape index (κ1) is 45.7. The summed E-state index contributed by atoms with van der Waals surface area (Å²) in [5.74, 6) is -0.831. The maximum Gasteiger partial charge on any atom is 0.323 e. The highest BCUT2D eigenvalue weighted by molar-refractivity contribution is 7.11. The molecular formula is C55H61N5O4S2. The Morgan fingerprint density at radius 2 is 1.47 bits per heavy atom. The summed E-state index contributed by atoms with van der Waals surface area (Å²) in [4.78, 5) is 44.0. The fraction of sp³-hybridized carbons (Fsp3) is 0.473. The van der Waals surface area contributed by atoms with Crippen LogP contribution in [0.4, 0.5) is 11.4 Å². The Hall–Kier alpha value is -5.49. The molecule has 0 saturated heterocycles. The Kier molecular flexibility index (Phi) is 13.4. The third kappa shape index (κ3) is 7.90. The maximum absolute atomic E-state index is 14.6. The van der Waals surface area contributed by atoms with E-state index < -0.39 is 23.6 Å². The third-order valence-electron chi connectivity index (χ3n) is 15.1. The molecule has 2 atom stereocenters. The van der Waals surface area contributed by atoms with Gasteiger partial charge in [0.05, 0.1) is 4.53 Å². The molecule has 4 aliphatic rings. The van der Waals surface area contributed by atoms with Gasteiger partial charge in [0.15, 0.2) is 5.57 Å². The summed E-state index contributed by atoms with van der Waals surface area (Å²) >= 11 is 2.19. The molecule has 2 unspecified atom stereocenters. The number of carbonyl (C=O) groups is 1. The van der Waals surface area contributed by atoms with Crippen molar-refractivity contribution in [2.75, 3.05) is 4.90 Å². The molecule has 3 aliphatic carbocycles. The van der Waals surface area contributed by atoms with E-state index in [1.807, 2.05) is 12.1 Å². The molecule has 0 spiro atoms. The van der Waals surface area contributed by atoms with Gasteiger partial charge in [-0.25, -0.2) is 0 Å². The van der Waals surface area contributed by atoms with Crippen molar-refractivity contribution in [3.63, 3.8) is 0 Å². The number of unbranched alkanes of at least 4 members (excludes halogenated alkanes) is 7. The van der Waals surface area contributed by atoms with Crippen LogP contribution in [0.3, 0.4) is 0 Å². The van der Waals surface area contributed by atoms with Gasteiger partial charge in [-0.05, 0) is 120 Å². The molecule has 342 valence electrons. The average Bonchev–Trinajstić information content (AvgIpc) is 4.13. The van der Waals surface area contributed by atoms with Gasteiger partial charge in [0.2, 0.25) is 0 Å². The zero-order chi connectivity index (χ0) is 46.1. The number of anilines is 2. The van der Waals surface area contributed by atoms with Gasteiger partial charge in [-0.15, -0.1) is 22.7 Å². The summed E-state index contributed by atoms with van der Waals surface area (Å²) in [6.07, 6.45) is 18.7. The lowest BCUT2D eigenvalue weighted by Gasteiger charge is -2.34. The highest BCUT2D eigenvalue weighted by Crippen LogP contribution is 2.58. The molecular weight excluding hydrogens is 859 g/mol. The molecule has 3 heterocycles. The number of thiazole rings is 2. The minimum atomic E-state index is -1.18. The van der Waals surface area contributed by atoms with Gasteiger partial charge in [-0.2, -0.15) is 10.5 Å². The van der Waals surface area contributed by atoms with Crippen LogP contribution in [-0.2, 0) is 29.7 Å². The highest BCUT2D eigenvalue weighted by atomic mass is 32.1. The van der Waals surface area contributed by atoms with Crippen molar-refractivity contribution in [2.45, 2.75) is 167 Å². The molecule has 0 radical (unpaired) electrons. The number of aromatic nitrogens is 2. The number of hydrogen-bond acceptors (Lipinski definition) is 8. The van der Waals surface area contributed by atoms with Crippen molar-refractivity contribution in [1.82, 2.24) is 9.13 Å². The normalized spacial score (nSPS) is 18.8. The number of nitriles is 2. The van der Waals surface area contributed by atoms with E-state index in [0.717, 1.165) is 112 Å². The van der Waals surface area contributed by atoms with E-state index in [-0.39, 0.29) is 24.8 Å². The molecule has 2 aromatic heterocycles. The first-order chi connectivity index (χ1) is 32.2. The fourth-order valence-corrected chi connectivity index (χ4v) is 14.4. The SMILES string of the molecule is CCCCCCCCn1c(=C(C#N)C#N)s/c(=c2/s/c(=C3\CCCc4cc5c(cc43)C3CCCC3N5c3ccc4c(c3)C(CCCC)(CCCC)c3ccccc3-4)c(=O)n2CC(=O)O)c1=O. The molecule has 9 rings (SSSR count). The van der Waals surface area contributed by atoms with E-state index in [2.05, 4.69) is 80.3 Å². The van der Waals surface area contributed by atoms with Crippen molar-refractivity contribution >= 4 is 51.2 Å². The van der Waals surface area contributed by atoms with Crippen LogP contribution >= 0.6 is 22.7 Å². The summed E-state index contributed by atoms with van der Waals surface area (Å²) in [6, 6.07) is 25.4. The standard InChI is InChI=1S/C55H61N5O4S2/c1-4-7-10-11-12-15-28-58-52(64)50(66-53(58)36(32-56)33-57)54-59(34-48(61)62)51(63)49(65-54)41-21-16-18-35-29-47-43(31-42(35)41)40-20-17-23-46(40)60(47)37-24-25-39-38-19-13-14-22-44(38)55(26-8-5-2,27-9-6-3)45(39)30-37/h13-14,19,22,24-25,29-31,40,46H,4-12,15-18,20-21,23,26-28,34H2,1-3H3,(H,61,62)/b49-41+,54-50+. The summed E-state index contributed by atoms with van der Waals surface area (Å²) in [6.45, 7) is 6.49. The van der Waals surface area contributed by atoms with Gasteiger partial charge in [0.1, 0.15) is 32.5 Å². The molecule has 66 heavy (non-hydrogen) atoms. The Bertz CT molecular complexity index is 3120. The van der Waals surface area contributed by atoms with Gasteiger partial charge in [0.25, 0.3) is 11.1 Å². The smallest absolute Gasteiger partial charge is 0.323 e. The average molecular weight is 920 g/mol. The Morgan fingerprint density at radius 3 is 2.21 bits per heavy atom. The third-order valence-corrected chi connectivity index (χ3v) is 17.6. The van der Waals surface area contributed by atoms with Crippen molar-refractivity contribution in [3.05, 3.63) is 122 Å². The Morgan fingerprint density at radius 1 is 0.758 bits per heavy atom. The van der Waals surface area contributed by atoms with Crippen LogP contribution in [0.25, 0.3) is 22.3 Å². The van der Waals surface area contributed by atoms with Gasteiger partial charge in [-0.3, -0.25) is 23.5 Å². The predicted octanol–water partition coefficient (Wildman–Crippen LogP) is 11.0. The summed E-state index contributed by atoms with van der Waals surface area (Å²) < 4.78 is 3.88. The second kappa shape index (κ2) is 19.4. The van der Waals surface area contributed by atoms with Crippen LogP contribution in [0.2, 0.25) is 0 Å². The quantitative estimate of drug-likeness (QED) is 0.0975. The Balaban J connectivity index is 1.19. The first-order valence-electron chi connectivity index (χ1n) is 24.6. The molecule has 5 aromatic rings. The van der Waals surface area contributed by atoms with E-state index in [9.17, 15) is 30.0 Å². The molecule has 3 aromatic carbocycles. The summed E-state index contributed by atoms with van der Waals surface area (Å²) in [5.41, 5.74) is 11.7. The van der Waals surface area contributed by atoms with Crippen LogP contribution in [0.15, 0.2) is 64.2 Å². The van der Waals surface area contributed by atoms with Crippen LogP contribution in [0.1, 0.15) is 164 Å². The number of benzene rings is 3. The number of carboxylic acid groups (broad SMARTS) is 1. The number of aliphatic carboxylic acids is 1. The number of fused-ring (bicyclic) bond motifs is 7. The minimum absolute atomic E-state index is 0.00390. The molecule has 0 bridgehead atoms. The number of hydrogen-bond donors (Lipinski definition) is 1. The molecule has 1 saturated carbocycles. The lowest BCUT2D eigenvalue weighted by Crippen LogP contribution is -2.32. The van der Waals surface area contributed by atoms with E-state index >= 15 is 0 Å². The van der Waals surface area contributed by atoms with Crippen LogP contribution in [0.5, 0.6) is 0 Å². The van der Waals surface area contributed by atoms with Crippen molar-refractivity contribution in [3.8, 4) is 23.3 Å². The van der Waals surface area contributed by atoms with Crippen LogP contribution < -0.4 is 25.2 Å². The molecule has 11 heteroatoms. The molecule has 0 amide bonds. The zero-order valence-corrected chi connectivity index (χ0v) is 40.4. The second-order valence-corrected chi connectivity index (χ2v) is 21.0. The van der Waals surface area contributed by atoms with E-state index in [1.165, 1.54) is 78.1 Å². The first-order valence-corrected chi connectivity index (χ1v) is 26.3. The molecule has 9 nitrogen and oxygen atoms in total. The number of rotatable bonds is 16. The van der Waals surface area contributed by atoms with E-state index in [4.69, 9.17) is 0 Å². The van der Waals surface area contributed by atoms with E-state index in [0.29, 0.717) is 35.9 Å². The lowest BCUT2D eigenvalue weighted by atomic mass is 9.71. The maximum atomic E-state index is 14.6. The monoisotopic (exact) mass is 919 g/mol. The van der Waals surface area contributed by atoms with Gasteiger partial charge in [0, 0.05) is 35.3 Å². The van der Waals surface area contributed by atoms with Gasteiger partial charge >= 0.3 is 5.97 Å². The zero-order valence-electron chi connectivity index (χ0n) is 38.7. The second-order valence-electron chi connectivity index (χ2n) is 19.0. The topological polar surface area (TPSA) is 132 Å². The van der Waals surface area contributed by atoms with Gasteiger partial charge < -0.3 is 10.0 Å². The minimum Gasteiger partial charge on any atom is -0.480 e. The van der Waals surface area contributed by atoms with Crippen molar-refractivity contribution in [1.29, 1.82) is 10.5 Å². The fourth-order valence-electron chi connectivity index (χ4n) is 12.0. The summed E-state index contributed by atoms with van der Waals surface area (Å²) in [5, 5.41) is 30.0. The van der Waals surface area contributed by atoms with Crippen LogP contribution in [-0.4, -0.2) is 26.3 Å². The van der Waals surface area contributed by atoms with E-state index in [1.54, 1.807) is 0 Å². The number of carboxylic acids is 1. The Labute approximate surface area is 395 Å². The van der Waals surface area contributed by atoms with Crippen molar-refractivity contribution in [2.24, 2.45) is 0 Å². The highest BCUT2D eigenvalue weighted by Gasteiger charge is 2.46. The predicted molar refractivity (Wildman–Crippen MR) is 266 cm³/mol. The van der Waals surface area contributed by atoms with Gasteiger partial charge in [-0.1, -0.05) is 115 Å². The molecule has 1 aliphatic heterocycles. The molecule has 1 N–H and O–H groups in total. The van der Waals surface area contributed by atoms with Crippen molar-refractivity contribution < 1.29 is 9.90 Å². The summed E-state index contributed by atoms with van der Waals surface area (Å²) in [7, 11) is 0. The lowest BCUT2D eigenvalue weighted by molar-refractivity contribution is -0.137.